The van der Waals surface area contributed by atoms with Crippen LogP contribution in [0, 0.1) is 6.92 Å². The number of halogens is 1. The Bertz CT molecular complexity index is 880. The van der Waals surface area contributed by atoms with Crippen LogP contribution in [0.25, 0.3) is 11.4 Å². The van der Waals surface area contributed by atoms with E-state index in [0.717, 1.165) is 16.8 Å². The number of aryl methyl sites for hydroxylation is 1. The third-order valence-electron chi connectivity index (χ3n) is 3.73. The molecule has 0 aliphatic heterocycles. The molecule has 0 unspecified atom stereocenters. The van der Waals surface area contributed by atoms with Gasteiger partial charge in [-0.3, -0.25) is 0 Å². The van der Waals surface area contributed by atoms with Crippen LogP contribution in [0.3, 0.4) is 0 Å². The number of benzene rings is 2. The molecule has 0 atom stereocenters. The summed E-state index contributed by atoms with van der Waals surface area (Å²) in [4.78, 5) is 4.41. The van der Waals surface area contributed by atoms with Crippen molar-refractivity contribution in [1.82, 2.24) is 10.1 Å². The Morgan fingerprint density at radius 2 is 1.88 bits per heavy atom. The van der Waals surface area contributed by atoms with Gasteiger partial charge in [-0.1, -0.05) is 28.9 Å². The number of nitrogens with one attached hydrogen (secondary N) is 1. The van der Waals surface area contributed by atoms with Crippen molar-refractivity contribution >= 4 is 17.3 Å². The molecule has 0 fully saturated rings. The summed E-state index contributed by atoms with van der Waals surface area (Å²) in [5, 5.41) is 7.91. The van der Waals surface area contributed by atoms with Gasteiger partial charge < -0.3 is 19.3 Å². The van der Waals surface area contributed by atoms with Crippen LogP contribution in [0.5, 0.6) is 11.5 Å². The minimum absolute atomic E-state index is 0.361. The average molecular weight is 360 g/mol. The number of ether oxygens (including phenoxy) is 2. The molecule has 2 aromatic carbocycles. The number of anilines is 1. The highest BCUT2D eigenvalue weighted by Crippen LogP contribution is 2.31. The standard InChI is InChI=1S/C18H18ClN3O3/c1-11-8-14(16(24-3)9-13(11)19)20-10-17-21-18(22-25-17)12-6-4-5-7-15(12)23-2/h4-9,20H,10H2,1-3H3. The van der Waals surface area contributed by atoms with E-state index in [4.69, 9.17) is 25.6 Å². The van der Waals surface area contributed by atoms with Crippen molar-refractivity contribution < 1.29 is 14.0 Å². The normalized spacial score (nSPS) is 10.6. The maximum atomic E-state index is 6.12. The summed E-state index contributed by atoms with van der Waals surface area (Å²) in [5.41, 5.74) is 2.53. The lowest BCUT2D eigenvalue weighted by atomic mass is 10.2. The maximum Gasteiger partial charge on any atom is 0.246 e. The second-order valence-corrected chi connectivity index (χ2v) is 5.77. The summed E-state index contributed by atoms with van der Waals surface area (Å²) < 4.78 is 16.0. The van der Waals surface area contributed by atoms with Gasteiger partial charge in [0.1, 0.15) is 11.5 Å². The molecule has 0 bridgehead atoms. The highest BCUT2D eigenvalue weighted by Gasteiger charge is 2.13. The van der Waals surface area contributed by atoms with E-state index in [9.17, 15) is 0 Å². The fraction of sp³-hybridized carbons (Fsp3) is 0.222. The van der Waals surface area contributed by atoms with Crippen LogP contribution in [-0.2, 0) is 6.54 Å². The fourth-order valence-electron chi connectivity index (χ4n) is 2.41. The van der Waals surface area contributed by atoms with Crippen molar-refractivity contribution in [3.63, 3.8) is 0 Å². The van der Waals surface area contributed by atoms with Crippen LogP contribution in [0.15, 0.2) is 40.9 Å². The molecule has 25 heavy (non-hydrogen) atoms. The lowest BCUT2D eigenvalue weighted by molar-refractivity contribution is 0.382. The van der Waals surface area contributed by atoms with Gasteiger partial charge in [-0.05, 0) is 30.7 Å². The number of hydrogen-bond donors (Lipinski definition) is 1. The minimum Gasteiger partial charge on any atom is -0.496 e. The first kappa shape index (κ1) is 17.1. The van der Waals surface area contributed by atoms with Crippen molar-refractivity contribution in [3.8, 4) is 22.9 Å². The molecule has 0 radical (unpaired) electrons. The number of para-hydroxylation sites is 1. The Morgan fingerprint density at radius 1 is 1.12 bits per heavy atom. The van der Waals surface area contributed by atoms with Crippen LogP contribution < -0.4 is 14.8 Å². The Hall–Kier alpha value is -2.73. The van der Waals surface area contributed by atoms with Crippen LogP contribution in [0.4, 0.5) is 5.69 Å². The molecule has 3 aromatic rings. The predicted molar refractivity (Wildman–Crippen MR) is 96.4 cm³/mol. The van der Waals surface area contributed by atoms with Gasteiger partial charge in [0.25, 0.3) is 0 Å². The summed E-state index contributed by atoms with van der Waals surface area (Å²) in [6, 6.07) is 11.2. The van der Waals surface area contributed by atoms with Crippen molar-refractivity contribution in [3.05, 3.63) is 52.9 Å². The van der Waals surface area contributed by atoms with Crippen LogP contribution in [0.1, 0.15) is 11.5 Å². The quantitative estimate of drug-likeness (QED) is 0.706. The third-order valence-corrected chi connectivity index (χ3v) is 4.13. The second-order valence-electron chi connectivity index (χ2n) is 5.37. The number of methoxy groups -OCH3 is 2. The second kappa shape index (κ2) is 7.44. The summed E-state index contributed by atoms with van der Waals surface area (Å²) in [7, 11) is 3.20. The average Bonchev–Trinajstić information content (AvgIpc) is 3.11. The first-order chi connectivity index (χ1) is 12.1. The zero-order valence-corrected chi connectivity index (χ0v) is 14.9. The van der Waals surface area contributed by atoms with Gasteiger partial charge >= 0.3 is 0 Å². The lowest BCUT2D eigenvalue weighted by Gasteiger charge is -2.11. The molecule has 0 amide bonds. The largest absolute Gasteiger partial charge is 0.496 e. The number of rotatable bonds is 6. The highest BCUT2D eigenvalue weighted by molar-refractivity contribution is 6.31. The molecule has 0 saturated heterocycles. The number of hydrogen-bond acceptors (Lipinski definition) is 6. The van der Waals surface area contributed by atoms with Crippen molar-refractivity contribution in [2.45, 2.75) is 13.5 Å². The van der Waals surface area contributed by atoms with E-state index in [1.54, 1.807) is 20.3 Å². The Balaban J connectivity index is 1.78. The van der Waals surface area contributed by atoms with Gasteiger partial charge in [0.05, 0.1) is 32.0 Å². The molecule has 3 rings (SSSR count). The van der Waals surface area contributed by atoms with Crippen molar-refractivity contribution in [1.29, 1.82) is 0 Å². The zero-order valence-electron chi connectivity index (χ0n) is 14.2. The molecular formula is C18H18ClN3O3. The van der Waals surface area contributed by atoms with Crippen LogP contribution >= 0.6 is 11.6 Å². The van der Waals surface area contributed by atoms with E-state index in [2.05, 4.69) is 15.5 Å². The molecule has 0 aliphatic rings. The fourth-order valence-corrected chi connectivity index (χ4v) is 2.56. The first-order valence-electron chi connectivity index (χ1n) is 7.66. The first-order valence-corrected chi connectivity index (χ1v) is 8.04. The Morgan fingerprint density at radius 3 is 2.64 bits per heavy atom. The molecule has 1 N–H and O–H groups in total. The van der Waals surface area contributed by atoms with E-state index in [1.165, 1.54) is 0 Å². The van der Waals surface area contributed by atoms with Crippen molar-refractivity contribution in [2.24, 2.45) is 0 Å². The molecular weight excluding hydrogens is 342 g/mol. The summed E-state index contributed by atoms with van der Waals surface area (Å²) in [6.07, 6.45) is 0. The molecule has 0 aliphatic carbocycles. The minimum atomic E-state index is 0.361. The molecule has 0 saturated carbocycles. The molecule has 7 heteroatoms. The summed E-state index contributed by atoms with van der Waals surface area (Å²) >= 11 is 6.12. The third kappa shape index (κ3) is 3.69. The lowest BCUT2D eigenvalue weighted by Crippen LogP contribution is -2.02. The summed E-state index contributed by atoms with van der Waals surface area (Å²) in [6.45, 7) is 2.29. The number of nitrogens with zero attached hydrogens (tertiary/aromatic N) is 2. The van der Waals surface area contributed by atoms with E-state index in [0.29, 0.717) is 34.8 Å². The van der Waals surface area contributed by atoms with E-state index < -0.39 is 0 Å². The van der Waals surface area contributed by atoms with Crippen molar-refractivity contribution in [2.75, 3.05) is 19.5 Å². The zero-order chi connectivity index (χ0) is 17.8. The van der Waals surface area contributed by atoms with E-state index >= 15 is 0 Å². The molecule has 1 heterocycles. The maximum absolute atomic E-state index is 6.12. The summed E-state index contributed by atoms with van der Waals surface area (Å²) in [5.74, 6) is 2.28. The Labute approximate surface area is 150 Å². The van der Waals surface area contributed by atoms with Gasteiger partial charge in [-0.25, -0.2) is 0 Å². The van der Waals surface area contributed by atoms with Gasteiger partial charge in [0.2, 0.25) is 11.7 Å². The van der Waals surface area contributed by atoms with Crippen LogP contribution in [-0.4, -0.2) is 24.4 Å². The van der Waals surface area contributed by atoms with Crippen LogP contribution in [0.2, 0.25) is 5.02 Å². The molecule has 130 valence electrons. The smallest absolute Gasteiger partial charge is 0.246 e. The van der Waals surface area contributed by atoms with Gasteiger partial charge in [-0.2, -0.15) is 4.98 Å². The Kier molecular flexibility index (Phi) is 5.09. The number of aromatic nitrogens is 2. The molecule has 6 nitrogen and oxygen atoms in total. The topological polar surface area (TPSA) is 69.4 Å². The highest BCUT2D eigenvalue weighted by atomic mass is 35.5. The van der Waals surface area contributed by atoms with Gasteiger partial charge in [0.15, 0.2) is 0 Å². The predicted octanol–water partition coefficient (Wildman–Crippen LogP) is 4.33. The molecule has 0 spiro atoms. The SMILES string of the molecule is COc1cc(Cl)c(C)cc1NCc1nc(-c2ccccc2OC)no1. The monoisotopic (exact) mass is 359 g/mol. The van der Waals surface area contributed by atoms with Gasteiger partial charge in [0, 0.05) is 11.1 Å². The van der Waals surface area contributed by atoms with E-state index in [-0.39, 0.29) is 0 Å². The molecule has 1 aromatic heterocycles. The van der Waals surface area contributed by atoms with Gasteiger partial charge in [-0.15, -0.1) is 0 Å². The van der Waals surface area contributed by atoms with E-state index in [1.807, 2.05) is 37.3 Å².